The van der Waals surface area contributed by atoms with E-state index in [2.05, 4.69) is 26.8 Å². The number of nitrogens with two attached hydrogens (primary N) is 1. The first-order valence-corrected chi connectivity index (χ1v) is 5.98. The molecule has 0 aliphatic carbocycles. The Morgan fingerprint density at radius 2 is 2.31 bits per heavy atom. The summed E-state index contributed by atoms with van der Waals surface area (Å²) in [5.74, 6) is 0. The molecule has 1 heterocycles. The van der Waals surface area contributed by atoms with Gasteiger partial charge in [-0.25, -0.2) is 4.98 Å². The third-order valence-electron chi connectivity index (χ3n) is 2.21. The van der Waals surface area contributed by atoms with Gasteiger partial charge >= 0.3 is 0 Å². The van der Waals surface area contributed by atoms with Gasteiger partial charge in [-0.15, -0.1) is 0 Å². The fraction of sp³-hybridized carbons (Fsp3) is 0.273. The number of nitrogens with zero attached hydrogens (tertiary/aromatic N) is 2. The Morgan fingerprint density at radius 1 is 1.38 bits per heavy atom. The Hall–Kier alpha value is -1.46. The van der Waals surface area contributed by atoms with Crippen LogP contribution in [0.15, 0.2) is 30.6 Å². The molecule has 0 spiro atoms. The summed E-state index contributed by atoms with van der Waals surface area (Å²) >= 11 is 1.35. The molecule has 4 nitrogen and oxygen atoms in total. The minimum Gasteiger partial charge on any atom is -0.330 e. The van der Waals surface area contributed by atoms with Gasteiger partial charge in [0.05, 0.1) is 0 Å². The molecule has 0 saturated heterocycles. The second-order valence-corrected chi connectivity index (χ2v) is 4.24. The van der Waals surface area contributed by atoms with Gasteiger partial charge in [0.2, 0.25) is 5.13 Å². The van der Waals surface area contributed by atoms with Crippen LogP contribution in [0.25, 0.3) is 0 Å². The molecular formula is C11H14N4S. The van der Waals surface area contributed by atoms with Crippen molar-refractivity contribution in [3.8, 4) is 0 Å². The standard InChI is InChI=1S/C11H14N4S/c12-6-2-4-9-3-1-5-10(7-9)15-11-13-8-14-16-11/h1,3,5,7-8H,2,4,6,12H2,(H,13,14,15). The Kier molecular flexibility index (Phi) is 3.85. The fourth-order valence-electron chi connectivity index (χ4n) is 1.46. The molecule has 2 aromatic rings. The number of aryl methyl sites for hydroxylation is 1. The first kappa shape index (κ1) is 11.0. The van der Waals surface area contributed by atoms with Gasteiger partial charge in [-0.05, 0) is 37.1 Å². The van der Waals surface area contributed by atoms with E-state index < -0.39 is 0 Å². The van der Waals surface area contributed by atoms with Crippen molar-refractivity contribution in [3.05, 3.63) is 36.2 Å². The molecule has 5 heteroatoms. The molecule has 0 fully saturated rings. The fourth-order valence-corrected chi connectivity index (χ4v) is 1.91. The molecule has 2 rings (SSSR count). The normalized spacial score (nSPS) is 10.3. The number of nitrogens with one attached hydrogen (secondary N) is 1. The average Bonchev–Trinajstić information content (AvgIpc) is 2.80. The summed E-state index contributed by atoms with van der Waals surface area (Å²) in [5, 5.41) is 4.03. The summed E-state index contributed by atoms with van der Waals surface area (Å²) < 4.78 is 3.94. The van der Waals surface area contributed by atoms with Crippen molar-refractivity contribution < 1.29 is 0 Å². The number of aromatic nitrogens is 2. The van der Waals surface area contributed by atoms with Gasteiger partial charge in [0.15, 0.2) is 0 Å². The van der Waals surface area contributed by atoms with Crippen molar-refractivity contribution in [2.45, 2.75) is 12.8 Å². The largest absolute Gasteiger partial charge is 0.330 e. The Morgan fingerprint density at radius 3 is 3.06 bits per heavy atom. The summed E-state index contributed by atoms with van der Waals surface area (Å²) in [6, 6.07) is 8.29. The SMILES string of the molecule is NCCCc1cccc(Nc2ncns2)c1. The molecule has 0 amide bonds. The number of benzene rings is 1. The van der Waals surface area contributed by atoms with Crippen LogP contribution in [0.1, 0.15) is 12.0 Å². The lowest BCUT2D eigenvalue weighted by Gasteiger charge is -2.05. The molecule has 0 atom stereocenters. The Balaban J connectivity index is 2.04. The molecule has 0 saturated carbocycles. The van der Waals surface area contributed by atoms with Crippen molar-refractivity contribution >= 4 is 22.4 Å². The second kappa shape index (κ2) is 5.58. The Bertz CT molecular complexity index is 427. The van der Waals surface area contributed by atoms with Crippen LogP contribution in [0.2, 0.25) is 0 Å². The van der Waals surface area contributed by atoms with Gasteiger partial charge < -0.3 is 11.1 Å². The van der Waals surface area contributed by atoms with E-state index in [4.69, 9.17) is 5.73 Å². The van der Waals surface area contributed by atoms with Crippen molar-refractivity contribution in [1.82, 2.24) is 9.36 Å². The van der Waals surface area contributed by atoms with Crippen LogP contribution in [-0.2, 0) is 6.42 Å². The number of rotatable bonds is 5. The predicted molar refractivity (Wildman–Crippen MR) is 67.0 cm³/mol. The van der Waals surface area contributed by atoms with Crippen LogP contribution in [0.3, 0.4) is 0 Å². The maximum atomic E-state index is 5.49. The third kappa shape index (κ3) is 3.01. The molecule has 84 valence electrons. The van der Waals surface area contributed by atoms with Crippen molar-refractivity contribution in [3.63, 3.8) is 0 Å². The van der Waals surface area contributed by atoms with Gasteiger partial charge in [0.25, 0.3) is 0 Å². The highest BCUT2D eigenvalue weighted by molar-refractivity contribution is 7.09. The first-order chi connectivity index (χ1) is 7.88. The second-order valence-electron chi connectivity index (χ2n) is 3.46. The van der Waals surface area contributed by atoms with Gasteiger partial charge in [0, 0.05) is 17.2 Å². The molecule has 0 aliphatic rings. The topological polar surface area (TPSA) is 63.8 Å². The van der Waals surface area contributed by atoms with Crippen LogP contribution < -0.4 is 11.1 Å². The van der Waals surface area contributed by atoms with E-state index in [-0.39, 0.29) is 0 Å². The summed E-state index contributed by atoms with van der Waals surface area (Å²) in [5.41, 5.74) is 7.83. The highest BCUT2D eigenvalue weighted by Gasteiger charge is 1.99. The maximum Gasteiger partial charge on any atom is 0.206 e. The lowest BCUT2D eigenvalue weighted by Crippen LogP contribution is -2.00. The molecule has 0 unspecified atom stereocenters. The summed E-state index contributed by atoms with van der Waals surface area (Å²) in [6.07, 6.45) is 3.58. The smallest absolute Gasteiger partial charge is 0.206 e. The van der Waals surface area contributed by atoms with Crippen LogP contribution >= 0.6 is 11.5 Å². The summed E-state index contributed by atoms with van der Waals surface area (Å²) in [7, 11) is 0. The summed E-state index contributed by atoms with van der Waals surface area (Å²) in [6.45, 7) is 0.730. The zero-order valence-electron chi connectivity index (χ0n) is 8.89. The van der Waals surface area contributed by atoms with Gasteiger partial charge in [-0.2, -0.15) is 4.37 Å². The monoisotopic (exact) mass is 234 g/mol. The maximum absolute atomic E-state index is 5.49. The molecule has 0 aliphatic heterocycles. The lowest BCUT2D eigenvalue weighted by molar-refractivity contribution is 0.833. The molecule has 1 aromatic carbocycles. The molecular weight excluding hydrogens is 220 g/mol. The molecule has 1 aromatic heterocycles. The third-order valence-corrected chi connectivity index (χ3v) is 2.79. The average molecular weight is 234 g/mol. The zero-order valence-corrected chi connectivity index (χ0v) is 9.70. The van der Waals surface area contributed by atoms with Crippen LogP contribution in [0, 0.1) is 0 Å². The lowest BCUT2D eigenvalue weighted by atomic mass is 10.1. The van der Waals surface area contributed by atoms with E-state index in [9.17, 15) is 0 Å². The molecule has 0 radical (unpaired) electrons. The number of anilines is 2. The highest BCUT2D eigenvalue weighted by atomic mass is 32.1. The van der Waals surface area contributed by atoms with Gasteiger partial charge in [0.1, 0.15) is 6.33 Å². The van der Waals surface area contributed by atoms with Crippen LogP contribution in [-0.4, -0.2) is 15.9 Å². The number of hydrogen-bond donors (Lipinski definition) is 2. The van der Waals surface area contributed by atoms with E-state index in [1.807, 2.05) is 12.1 Å². The Labute approximate surface area is 98.7 Å². The van der Waals surface area contributed by atoms with E-state index in [0.29, 0.717) is 0 Å². The molecule has 3 N–H and O–H groups in total. The van der Waals surface area contributed by atoms with Crippen LogP contribution in [0.4, 0.5) is 10.8 Å². The van der Waals surface area contributed by atoms with Gasteiger partial charge in [-0.3, -0.25) is 0 Å². The number of hydrogen-bond acceptors (Lipinski definition) is 5. The van der Waals surface area contributed by atoms with E-state index in [1.54, 1.807) is 6.33 Å². The van der Waals surface area contributed by atoms with E-state index in [0.717, 1.165) is 30.2 Å². The highest BCUT2D eigenvalue weighted by Crippen LogP contribution is 2.18. The molecule has 16 heavy (non-hydrogen) atoms. The van der Waals surface area contributed by atoms with E-state index in [1.165, 1.54) is 17.1 Å². The van der Waals surface area contributed by atoms with E-state index >= 15 is 0 Å². The minimum atomic E-state index is 0.730. The van der Waals surface area contributed by atoms with Gasteiger partial charge in [-0.1, -0.05) is 12.1 Å². The van der Waals surface area contributed by atoms with Crippen LogP contribution in [0.5, 0.6) is 0 Å². The van der Waals surface area contributed by atoms with Crippen molar-refractivity contribution in [2.75, 3.05) is 11.9 Å². The van der Waals surface area contributed by atoms with Crippen molar-refractivity contribution in [1.29, 1.82) is 0 Å². The first-order valence-electron chi connectivity index (χ1n) is 5.21. The zero-order chi connectivity index (χ0) is 11.2. The summed E-state index contributed by atoms with van der Waals surface area (Å²) in [4.78, 5) is 4.08. The molecule has 0 bridgehead atoms. The predicted octanol–water partition coefficient (Wildman–Crippen LogP) is 2.17. The van der Waals surface area contributed by atoms with Crippen molar-refractivity contribution in [2.24, 2.45) is 5.73 Å². The quantitative estimate of drug-likeness (QED) is 0.832. The minimum absolute atomic E-state index is 0.730.